The molecule has 7 nitrogen and oxygen atoms in total. The lowest BCUT2D eigenvalue weighted by molar-refractivity contribution is -0.171. The summed E-state index contributed by atoms with van der Waals surface area (Å²) in [7, 11) is 1.67. The van der Waals surface area contributed by atoms with Crippen LogP contribution < -0.4 is 0 Å². The van der Waals surface area contributed by atoms with E-state index in [1.165, 1.54) is 11.6 Å². The minimum atomic E-state index is -0.990. The largest absolute Gasteiger partial charge is 0.478 e. The molecule has 1 aliphatic carbocycles. The highest BCUT2D eigenvalue weighted by Crippen LogP contribution is 2.59. The summed E-state index contributed by atoms with van der Waals surface area (Å²) in [5.74, 6) is -1.23. The van der Waals surface area contributed by atoms with Crippen LogP contribution in [0.15, 0.2) is 48.1 Å². The van der Waals surface area contributed by atoms with Crippen molar-refractivity contribution in [1.29, 1.82) is 0 Å². The number of hydrogen-bond acceptors (Lipinski definition) is 6. The molecule has 0 radical (unpaired) electrons. The first-order valence-electron chi connectivity index (χ1n) is 11.6. The molecule has 0 bridgehead atoms. The molecule has 0 aromatic heterocycles. The van der Waals surface area contributed by atoms with E-state index in [-0.39, 0.29) is 47.8 Å². The Kier molecular flexibility index (Phi) is 8.32. The van der Waals surface area contributed by atoms with Crippen LogP contribution in [0.3, 0.4) is 0 Å². The van der Waals surface area contributed by atoms with Gasteiger partial charge in [0.1, 0.15) is 23.4 Å². The molecule has 2 aliphatic heterocycles. The first-order chi connectivity index (χ1) is 15.7. The summed E-state index contributed by atoms with van der Waals surface area (Å²) in [4.78, 5) is 22.9. The van der Waals surface area contributed by atoms with Crippen LogP contribution in [-0.2, 0) is 28.5 Å². The third-order valence-corrected chi connectivity index (χ3v) is 6.74. The molecule has 0 aromatic carbocycles. The van der Waals surface area contributed by atoms with Gasteiger partial charge in [-0.2, -0.15) is 0 Å². The average molecular weight is 461 g/mol. The maximum atomic E-state index is 12.5. The van der Waals surface area contributed by atoms with Crippen molar-refractivity contribution in [3.05, 3.63) is 48.1 Å². The number of carboxylic acid groups (broad SMARTS) is 1. The number of carboxylic acids is 1. The Morgan fingerprint density at radius 3 is 2.55 bits per heavy atom. The third-order valence-electron chi connectivity index (χ3n) is 6.74. The fraction of sp³-hybridized carbons (Fsp3) is 0.615. The van der Waals surface area contributed by atoms with Crippen LogP contribution in [0, 0.1) is 5.92 Å². The van der Waals surface area contributed by atoms with Gasteiger partial charge in [-0.25, -0.2) is 4.79 Å². The third kappa shape index (κ3) is 6.43. The second-order valence-electron chi connectivity index (χ2n) is 9.46. The van der Waals surface area contributed by atoms with Crippen LogP contribution in [0.25, 0.3) is 0 Å². The zero-order valence-electron chi connectivity index (χ0n) is 20.0. The molecule has 1 saturated carbocycles. The van der Waals surface area contributed by atoms with Crippen LogP contribution in [0.5, 0.6) is 0 Å². The molecule has 6 atom stereocenters. The highest BCUT2D eigenvalue weighted by atomic mass is 16.6. The molecular weight excluding hydrogens is 424 g/mol. The number of hydrogen-bond donors (Lipinski definition) is 1. The van der Waals surface area contributed by atoms with Crippen LogP contribution in [-0.4, -0.2) is 60.3 Å². The van der Waals surface area contributed by atoms with Gasteiger partial charge in [0.15, 0.2) is 0 Å². The van der Waals surface area contributed by atoms with Gasteiger partial charge in [0, 0.05) is 19.6 Å². The van der Waals surface area contributed by atoms with Gasteiger partial charge >= 0.3 is 11.9 Å². The second-order valence-corrected chi connectivity index (χ2v) is 9.46. The van der Waals surface area contributed by atoms with E-state index in [2.05, 4.69) is 26.8 Å². The summed E-state index contributed by atoms with van der Waals surface area (Å²) < 4.78 is 23.9. The molecule has 7 heteroatoms. The summed E-state index contributed by atoms with van der Waals surface area (Å²) in [5, 5.41) is 8.52. The number of carbonyl (C=O) groups is 2. The van der Waals surface area contributed by atoms with E-state index in [1.807, 2.05) is 6.08 Å². The van der Waals surface area contributed by atoms with Gasteiger partial charge in [-0.15, -0.1) is 0 Å². The van der Waals surface area contributed by atoms with E-state index >= 15 is 0 Å². The molecule has 182 valence electrons. The Morgan fingerprint density at radius 1 is 1.18 bits per heavy atom. The summed E-state index contributed by atoms with van der Waals surface area (Å²) in [6.45, 7) is 7.00. The molecular formula is C26H36O7. The average Bonchev–Trinajstić information content (AvgIpc) is 3.67. The molecule has 1 N–H and O–H groups in total. The lowest BCUT2D eigenvalue weighted by atomic mass is 9.68. The zero-order valence-corrected chi connectivity index (χ0v) is 20.0. The molecule has 6 unspecified atom stereocenters. The number of ether oxygens (including phenoxy) is 4. The van der Waals surface area contributed by atoms with Crippen molar-refractivity contribution in [3.8, 4) is 0 Å². The van der Waals surface area contributed by atoms with Crippen molar-refractivity contribution in [2.24, 2.45) is 5.92 Å². The lowest BCUT2D eigenvalue weighted by Crippen LogP contribution is -2.55. The summed E-state index contributed by atoms with van der Waals surface area (Å²) >= 11 is 0. The fourth-order valence-electron chi connectivity index (χ4n) is 4.94. The van der Waals surface area contributed by atoms with Crippen LogP contribution in [0.2, 0.25) is 0 Å². The van der Waals surface area contributed by atoms with Crippen LogP contribution >= 0.6 is 0 Å². The molecule has 1 spiro atoms. The van der Waals surface area contributed by atoms with E-state index in [4.69, 9.17) is 24.1 Å². The maximum absolute atomic E-state index is 12.5. The predicted octanol–water partition coefficient (Wildman–Crippen LogP) is 4.14. The van der Waals surface area contributed by atoms with Crippen molar-refractivity contribution < 1.29 is 33.6 Å². The molecule has 0 aromatic rings. The zero-order chi connectivity index (χ0) is 24.1. The Balaban J connectivity index is 1.54. The predicted molar refractivity (Wildman–Crippen MR) is 124 cm³/mol. The van der Waals surface area contributed by atoms with Gasteiger partial charge in [0.05, 0.1) is 18.6 Å². The number of rotatable bonds is 11. The number of allylic oxidation sites excluding steroid dienone is 6. The van der Waals surface area contributed by atoms with Crippen molar-refractivity contribution >= 4 is 11.9 Å². The van der Waals surface area contributed by atoms with E-state index in [1.54, 1.807) is 25.3 Å². The number of carbonyl (C=O) groups excluding carboxylic acids is 1. The van der Waals surface area contributed by atoms with Crippen LogP contribution in [0.4, 0.5) is 0 Å². The van der Waals surface area contributed by atoms with Gasteiger partial charge in [-0.1, -0.05) is 42.0 Å². The molecule has 3 aliphatic rings. The van der Waals surface area contributed by atoms with Gasteiger partial charge in [0.25, 0.3) is 0 Å². The fourth-order valence-corrected chi connectivity index (χ4v) is 4.94. The molecule has 3 rings (SSSR count). The molecule has 0 amide bonds. The molecule has 2 saturated heterocycles. The Hall–Kier alpha value is -2.22. The number of esters is 1. The minimum absolute atomic E-state index is 0.0148. The summed E-state index contributed by atoms with van der Waals surface area (Å²) in [5.41, 5.74) is 0.686. The topological polar surface area (TPSA) is 97.9 Å². The van der Waals surface area contributed by atoms with E-state index in [0.717, 1.165) is 18.9 Å². The van der Waals surface area contributed by atoms with Gasteiger partial charge in [-0.05, 0) is 46.5 Å². The summed E-state index contributed by atoms with van der Waals surface area (Å²) in [6.07, 6.45) is 14.4. The Bertz CT molecular complexity index is 832. The maximum Gasteiger partial charge on any atom is 0.328 e. The first-order valence-corrected chi connectivity index (χ1v) is 11.6. The van der Waals surface area contributed by atoms with Gasteiger partial charge in [-0.3, -0.25) is 4.79 Å². The SMILES string of the molecule is COC1C(OC(=O)CC/C=C/C=C/C=C/C(=O)O)CCC2(CO2)C1C1(C)OC1CC=C(C)C. The number of aliphatic carboxylic acids is 1. The molecule has 2 heterocycles. The minimum Gasteiger partial charge on any atom is -0.478 e. The van der Waals surface area contributed by atoms with E-state index in [0.29, 0.717) is 19.4 Å². The van der Waals surface area contributed by atoms with E-state index < -0.39 is 5.97 Å². The highest BCUT2D eigenvalue weighted by molar-refractivity contribution is 5.80. The van der Waals surface area contributed by atoms with Gasteiger partial charge < -0.3 is 24.1 Å². The Morgan fingerprint density at radius 2 is 1.91 bits per heavy atom. The van der Waals surface area contributed by atoms with Crippen molar-refractivity contribution in [3.63, 3.8) is 0 Å². The standard InChI is InChI=1S/C26H36O7/c1-18(2)13-14-20-25(3,33-20)24-23(30-4)19(15-16-26(24)17-31-26)32-22(29)12-10-8-6-5-7-9-11-21(27)28/h5-9,11,13,19-20,23-24H,10,12,14-17H2,1-4H3,(H,27,28)/b7-5+,8-6+,11-9+. The van der Waals surface area contributed by atoms with Crippen molar-refractivity contribution in [2.45, 2.75) is 82.4 Å². The number of epoxide rings is 2. The lowest BCUT2D eigenvalue weighted by Gasteiger charge is -2.42. The van der Waals surface area contributed by atoms with Gasteiger partial charge in [0.2, 0.25) is 0 Å². The highest BCUT2D eigenvalue weighted by Gasteiger charge is 2.72. The number of methoxy groups -OCH3 is 1. The molecule has 3 fully saturated rings. The second kappa shape index (κ2) is 10.8. The smallest absolute Gasteiger partial charge is 0.328 e. The van der Waals surface area contributed by atoms with E-state index in [9.17, 15) is 9.59 Å². The Labute approximate surface area is 196 Å². The van der Waals surface area contributed by atoms with Crippen molar-refractivity contribution in [1.82, 2.24) is 0 Å². The normalized spacial score (nSPS) is 35.4. The summed E-state index contributed by atoms with van der Waals surface area (Å²) in [6, 6.07) is 0. The van der Waals surface area contributed by atoms with Crippen molar-refractivity contribution in [2.75, 3.05) is 13.7 Å². The van der Waals surface area contributed by atoms with Crippen LogP contribution in [0.1, 0.15) is 52.9 Å². The monoisotopic (exact) mass is 460 g/mol. The quantitative estimate of drug-likeness (QED) is 0.163. The molecule has 33 heavy (non-hydrogen) atoms. The first kappa shape index (κ1) is 25.4.